The number of fused-ring (bicyclic) bond motifs is 7. The van der Waals surface area contributed by atoms with E-state index >= 15 is 0 Å². The van der Waals surface area contributed by atoms with Crippen molar-refractivity contribution in [2.24, 2.45) is 50.2 Å². The smallest absolute Gasteiger partial charge is 0.315 e. The van der Waals surface area contributed by atoms with Gasteiger partial charge in [-0.1, -0.05) is 60.1 Å². The van der Waals surface area contributed by atoms with Gasteiger partial charge in [-0.2, -0.15) is 0 Å². The first-order valence-electron chi connectivity index (χ1n) is 17.2. The predicted molar refractivity (Wildman–Crippen MR) is 165 cm³/mol. The summed E-state index contributed by atoms with van der Waals surface area (Å²) < 4.78 is 11.5. The first-order chi connectivity index (χ1) is 20.8. The molecule has 0 radical (unpaired) electrons. The number of aliphatic hydroxyl groups excluding tert-OH is 5. The predicted octanol–water partition coefficient (Wildman–Crippen LogP) is 3.67. The molecule has 6 rings (SSSR count). The zero-order valence-corrected chi connectivity index (χ0v) is 28.2. The first-order valence-corrected chi connectivity index (χ1v) is 17.2. The number of carbonyl (C=O) groups is 2. The van der Waals surface area contributed by atoms with Gasteiger partial charge in [0.15, 0.2) is 0 Å². The van der Waals surface area contributed by atoms with Gasteiger partial charge in [0.25, 0.3) is 0 Å². The fraction of sp³-hybridized carbons (Fsp3) is 0.889. The Balaban J connectivity index is 1.38. The zero-order chi connectivity index (χ0) is 33.1. The number of allylic oxidation sites excluding steroid dienone is 2. The second kappa shape index (κ2) is 10.6. The molecule has 9 heteroatoms. The molecule has 0 amide bonds. The van der Waals surface area contributed by atoms with Crippen LogP contribution >= 0.6 is 0 Å². The van der Waals surface area contributed by atoms with Crippen LogP contribution in [0.4, 0.5) is 0 Å². The standard InChI is InChI=1S/C36H56O9/c1-31(2)12-14-36(30(43)45-29-28(42)27(41)26(40)21(18-37)44-29)15-13-34(6)19(20(36)17-31)8-9-22-33(5)11-10-24(38)32(3,4)23(33)16-25(39)35(22,34)7/h8,20-24,26-29,37-38,40-42H,9-18H2,1-7H3. The SMILES string of the molecule is CC1(C)CCC2(C(=O)OC3OC(CO)C(O)C(O)C3O)CCC3(C)C(=CCC4C5(C)CCC(O)C(C)(C)C5CC(=O)C43C)C2C1. The van der Waals surface area contributed by atoms with Crippen LogP contribution in [-0.2, 0) is 19.1 Å². The van der Waals surface area contributed by atoms with Gasteiger partial charge in [0.2, 0.25) is 6.29 Å². The maximum Gasteiger partial charge on any atom is 0.315 e. The maximum absolute atomic E-state index is 14.6. The molecule has 4 saturated carbocycles. The molecular formula is C36H56O9. The molecule has 0 spiro atoms. The Morgan fingerprint density at radius 2 is 1.58 bits per heavy atom. The summed E-state index contributed by atoms with van der Waals surface area (Å²) in [5, 5.41) is 52.0. The molecule has 0 aromatic carbocycles. The Morgan fingerprint density at radius 3 is 2.24 bits per heavy atom. The van der Waals surface area contributed by atoms with Crippen molar-refractivity contribution in [1.82, 2.24) is 0 Å². The molecular weight excluding hydrogens is 576 g/mol. The lowest BCUT2D eigenvalue weighted by atomic mass is 9.33. The third-order valence-corrected chi connectivity index (χ3v) is 14.9. The van der Waals surface area contributed by atoms with Crippen molar-refractivity contribution in [3.63, 3.8) is 0 Å². The van der Waals surface area contributed by atoms with Crippen LogP contribution in [0.2, 0.25) is 0 Å². The van der Waals surface area contributed by atoms with E-state index in [0.29, 0.717) is 25.7 Å². The van der Waals surface area contributed by atoms with Crippen LogP contribution in [-0.4, -0.2) is 80.7 Å². The first kappa shape index (κ1) is 33.5. The van der Waals surface area contributed by atoms with Gasteiger partial charge < -0.3 is 35.0 Å². The minimum absolute atomic E-state index is 0.0361. The van der Waals surface area contributed by atoms with E-state index in [4.69, 9.17) is 9.47 Å². The van der Waals surface area contributed by atoms with Crippen LogP contribution in [0.5, 0.6) is 0 Å². The van der Waals surface area contributed by atoms with Gasteiger partial charge in [0.1, 0.15) is 30.2 Å². The number of hydrogen-bond acceptors (Lipinski definition) is 9. The molecule has 0 aromatic rings. The summed E-state index contributed by atoms with van der Waals surface area (Å²) in [6.07, 6.45) is 0.581. The lowest BCUT2D eigenvalue weighted by Crippen LogP contribution is -2.68. The van der Waals surface area contributed by atoms with Crippen LogP contribution in [0.3, 0.4) is 0 Å². The van der Waals surface area contributed by atoms with Crippen LogP contribution < -0.4 is 0 Å². The molecule has 1 aliphatic heterocycles. The molecule has 1 heterocycles. The van der Waals surface area contributed by atoms with E-state index < -0.39 is 65.6 Å². The van der Waals surface area contributed by atoms with E-state index in [2.05, 4.69) is 54.5 Å². The molecule has 5 aliphatic carbocycles. The molecule has 5 N–H and O–H groups in total. The third-order valence-electron chi connectivity index (χ3n) is 14.9. The van der Waals surface area contributed by atoms with Crippen molar-refractivity contribution in [1.29, 1.82) is 0 Å². The van der Waals surface area contributed by atoms with Crippen molar-refractivity contribution in [2.45, 2.75) is 143 Å². The summed E-state index contributed by atoms with van der Waals surface area (Å²) in [4.78, 5) is 29.0. The second-order valence-corrected chi connectivity index (χ2v) is 17.7. The minimum Gasteiger partial charge on any atom is -0.432 e. The van der Waals surface area contributed by atoms with Crippen LogP contribution in [0.15, 0.2) is 11.6 Å². The number of aliphatic hydroxyl groups is 5. The van der Waals surface area contributed by atoms with E-state index in [1.165, 1.54) is 5.57 Å². The van der Waals surface area contributed by atoms with E-state index in [1.54, 1.807) is 0 Å². The highest BCUT2D eigenvalue weighted by atomic mass is 16.7. The maximum atomic E-state index is 14.6. The van der Waals surface area contributed by atoms with Gasteiger partial charge >= 0.3 is 5.97 Å². The largest absolute Gasteiger partial charge is 0.432 e. The Morgan fingerprint density at radius 1 is 0.911 bits per heavy atom. The summed E-state index contributed by atoms with van der Waals surface area (Å²) in [5.74, 6) is -0.160. The number of Topliss-reactive ketones (excluding diaryl/α,β-unsaturated/α-hetero) is 1. The third kappa shape index (κ3) is 4.46. The average molecular weight is 633 g/mol. The summed E-state index contributed by atoms with van der Waals surface area (Å²) in [7, 11) is 0. The summed E-state index contributed by atoms with van der Waals surface area (Å²) in [6.45, 7) is 14.9. The summed E-state index contributed by atoms with van der Waals surface area (Å²) in [5.41, 5.74) is -1.26. The van der Waals surface area contributed by atoms with Gasteiger partial charge in [-0.15, -0.1) is 0 Å². The lowest BCUT2D eigenvalue weighted by Gasteiger charge is -2.70. The minimum atomic E-state index is -1.66. The molecule has 13 atom stereocenters. The van der Waals surface area contributed by atoms with Crippen molar-refractivity contribution in [2.75, 3.05) is 6.61 Å². The normalized spacial score (nSPS) is 52.0. The molecule has 45 heavy (non-hydrogen) atoms. The number of carbonyl (C=O) groups excluding carboxylic acids is 2. The van der Waals surface area contributed by atoms with Crippen LogP contribution in [0.1, 0.15) is 106 Å². The molecule has 254 valence electrons. The van der Waals surface area contributed by atoms with Gasteiger partial charge in [-0.05, 0) is 85.4 Å². The zero-order valence-electron chi connectivity index (χ0n) is 28.2. The number of ether oxygens (including phenoxy) is 2. The second-order valence-electron chi connectivity index (χ2n) is 17.7. The average Bonchev–Trinajstić information content (AvgIpc) is 2.97. The number of ketones is 1. The summed E-state index contributed by atoms with van der Waals surface area (Å²) in [6, 6.07) is 0. The molecule has 1 saturated heterocycles. The molecule has 13 unspecified atom stereocenters. The van der Waals surface area contributed by atoms with Crippen LogP contribution in [0, 0.1) is 50.2 Å². The van der Waals surface area contributed by atoms with Crippen molar-refractivity contribution >= 4 is 11.8 Å². The molecule has 0 bridgehead atoms. The van der Waals surface area contributed by atoms with Crippen LogP contribution in [0.25, 0.3) is 0 Å². The van der Waals surface area contributed by atoms with Gasteiger partial charge in [0, 0.05) is 17.3 Å². The molecule has 5 fully saturated rings. The molecule has 0 aromatic heterocycles. The topological polar surface area (TPSA) is 154 Å². The number of rotatable bonds is 3. The lowest BCUT2D eigenvalue weighted by molar-refractivity contribution is -0.297. The van der Waals surface area contributed by atoms with E-state index in [0.717, 1.165) is 32.1 Å². The van der Waals surface area contributed by atoms with Gasteiger partial charge in [-0.25, -0.2) is 0 Å². The summed E-state index contributed by atoms with van der Waals surface area (Å²) >= 11 is 0. The van der Waals surface area contributed by atoms with E-state index in [1.807, 2.05) is 0 Å². The number of esters is 1. The van der Waals surface area contributed by atoms with Gasteiger partial charge in [0.05, 0.1) is 18.1 Å². The van der Waals surface area contributed by atoms with E-state index in [-0.39, 0.29) is 39.8 Å². The number of hydrogen-bond donors (Lipinski definition) is 5. The van der Waals surface area contributed by atoms with Crippen molar-refractivity contribution in [3.05, 3.63) is 11.6 Å². The Hall–Kier alpha value is -1.36. The molecule has 9 nitrogen and oxygen atoms in total. The fourth-order valence-corrected chi connectivity index (χ4v) is 11.6. The Labute approximate surface area is 267 Å². The highest BCUT2D eigenvalue weighted by molar-refractivity contribution is 5.89. The quantitative estimate of drug-likeness (QED) is 0.232. The van der Waals surface area contributed by atoms with Crippen molar-refractivity contribution < 1.29 is 44.6 Å². The molecule has 6 aliphatic rings. The highest BCUT2D eigenvalue weighted by Crippen LogP contribution is 2.75. The van der Waals surface area contributed by atoms with Gasteiger partial charge in [-0.3, -0.25) is 9.59 Å². The Kier molecular flexibility index (Phi) is 7.88. The Bertz CT molecular complexity index is 1260. The monoisotopic (exact) mass is 632 g/mol. The van der Waals surface area contributed by atoms with E-state index in [9.17, 15) is 35.1 Å². The van der Waals surface area contributed by atoms with Crippen molar-refractivity contribution in [3.8, 4) is 0 Å². The fourth-order valence-electron chi connectivity index (χ4n) is 11.6. The highest BCUT2D eigenvalue weighted by Gasteiger charge is 2.72.